The van der Waals surface area contributed by atoms with E-state index in [0.717, 1.165) is 15.6 Å². The second kappa shape index (κ2) is 6.54. The molecule has 0 bridgehead atoms. The van der Waals surface area contributed by atoms with Gasteiger partial charge in [0.25, 0.3) is 0 Å². The normalized spacial score (nSPS) is 32.5. The van der Waals surface area contributed by atoms with Crippen LogP contribution in [0.2, 0.25) is 5.02 Å². The molecule has 0 amide bonds. The molecule has 5 atom stereocenters. The highest BCUT2D eigenvalue weighted by atomic mass is 79.9. The van der Waals surface area contributed by atoms with Gasteiger partial charge in [0.2, 0.25) is 0 Å². The summed E-state index contributed by atoms with van der Waals surface area (Å²) in [4.78, 5) is 4.40. The molecule has 0 spiro atoms. The number of pyridine rings is 1. The van der Waals surface area contributed by atoms with Gasteiger partial charge >= 0.3 is 0 Å². The van der Waals surface area contributed by atoms with E-state index in [1.54, 1.807) is 6.07 Å². The van der Waals surface area contributed by atoms with Crippen molar-refractivity contribution < 1.29 is 14.9 Å². The molecule has 6 heteroatoms. The Balaban J connectivity index is 1.84. The number of fused-ring (bicyclic) bond motifs is 3. The second-order valence-corrected chi connectivity index (χ2v) is 9.16. The molecule has 148 valence electrons. The van der Waals surface area contributed by atoms with Crippen molar-refractivity contribution in [2.24, 2.45) is 5.92 Å². The van der Waals surface area contributed by atoms with Gasteiger partial charge in [0.05, 0.1) is 11.1 Å². The minimum atomic E-state index is -1.72. The number of aliphatic hydroxyl groups excluding tert-OH is 1. The number of aliphatic hydroxyl groups is 2. The van der Waals surface area contributed by atoms with Gasteiger partial charge in [-0.1, -0.05) is 76.9 Å². The molecule has 2 aromatic carbocycles. The van der Waals surface area contributed by atoms with Gasteiger partial charge in [0, 0.05) is 22.7 Å². The summed E-state index contributed by atoms with van der Waals surface area (Å²) in [6.45, 7) is 1.94. The standard InChI is InChI=1S/C23H19BrClNO3/c1-13-19(14-5-3-2-4-6-14)23(15-7-9-16(24)10-8-15)22(28,21(13)27)20-18(29-23)11-17(25)12-26-20/h2-13,19,21,27-28H,1H3/t13-,19+,21?,22+,23+/m1/s1. The van der Waals surface area contributed by atoms with Crippen LogP contribution in [0, 0.1) is 5.92 Å². The molecular formula is C23H19BrClNO3. The molecule has 29 heavy (non-hydrogen) atoms. The van der Waals surface area contributed by atoms with Gasteiger partial charge in [-0.3, -0.25) is 4.98 Å². The Hall–Kier alpha value is -1.92. The molecule has 1 aromatic heterocycles. The largest absolute Gasteiger partial charge is 0.476 e. The molecular weight excluding hydrogens is 454 g/mol. The molecule has 1 aliphatic carbocycles. The summed E-state index contributed by atoms with van der Waals surface area (Å²) in [5.74, 6) is -0.190. The molecule has 1 unspecified atom stereocenters. The predicted molar refractivity (Wildman–Crippen MR) is 114 cm³/mol. The van der Waals surface area contributed by atoms with E-state index in [4.69, 9.17) is 16.3 Å². The molecule has 0 saturated heterocycles. The van der Waals surface area contributed by atoms with Crippen LogP contribution in [-0.2, 0) is 11.2 Å². The third kappa shape index (κ3) is 2.42. The van der Waals surface area contributed by atoms with Gasteiger partial charge < -0.3 is 14.9 Å². The van der Waals surface area contributed by atoms with E-state index < -0.39 is 17.3 Å². The minimum absolute atomic E-state index is 0.281. The van der Waals surface area contributed by atoms with Crippen molar-refractivity contribution in [3.8, 4) is 5.75 Å². The van der Waals surface area contributed by atoms with Crippen LogP contribution in [0.5, 0.6) is 5.75 Å². The van der Waals surface area contributed by atoms with Crippen LogP contribution in [0.3, 0.4) is 0 Å². The topological polar surface area (TPSA) is 62.6 Å². The maximum absolute atomic E-state index is 12.1. The zero-order valence-electron chi connectivity index (χ0n) is 15.6. The van der Waals surface area contributed by atoms with Gasteiger partial charge in [-0.15, -0.1) is 0 Å². The lowest BCUT2D eigenvalue weighted by molar-refractivity contribution is -0.152. The van der Waals surface area contributed by atoms with Gasteiger partial charge in [0.15, 0.2) is 11.2 Å². The van der Waals surface area contributed by atoms with Crippen LogP contribution in [0.15, 0.2) is 71.3 Å². The summed E-state index contributed by atoms with van der Waals surface area (Å²) in [7, 11) is 0. The Labute approximate surface area is 182 Å². The van der Waals surface area contributed by atoms with Crippen LogP contribution >= 0.6 is 27.5 Å². The highest BCUT2D eigenvalue weighted by Gasteiger charge is 2.75. The summed E-state index contributed by atoms with van der Waals surface area (Å²) in [5, 5.41) is 23.9. The van der Waals surface area contributed by atoms with Gasteiger partial charge in [0.1, 0.15) is 11.4 Å². The van der Waals surface area contributed by atoms with E-state index in [2.05, 4.69) is 20.9 Å². The van der Waals surface area contributed by atoms with Crippen LogP contribution in [-0.4, -0.2) is 21.3 Å². The van der Waals surface area contributed by atoms with Crippen molar-refractivity contribution in [1.29, 1.82) is 0 Å². The van der Waals surface area contributed by atoms with Crippen LogP contribution in [0.25, 0.3) is 0 Å². The van der Waals surface area contributed by atoms with Crippen molar-refractivity contribution in [2.75, 3.05) is 0 Å². The predicted octanol–water partition coefficient (Wildman–Crippen LogP) is 4.77. The maximum Gasteiger partial charge on any atom is 0.181 e. The first-order chi connectivity index (χ1) is 13.9. The number of hydrogen-bond acceptors (Lipinski definition) is 4. The number of ether oxygens (including phenoxy) is 1. The van der Waals surface area contributed by atoms with Gasteiger partial charge in [-0.05, 0) is 29.2 Å². The van der Waals surface area contributed by atoms with E-state index in [-0.39, 0.29) is 11.8 Å². The third-order valence-corrected chi connectivity index (χ3v) is 7.07. The number of nitrogens with zero attached hydrogens (tertiary/aromatic N) is 1. The Morgan fingerprint density at radius 2 is 1.79 bits per heavy atom. The minimum Gasteiger partial charge on any atom is -0.476 e. The zero-order valence-corrected chi connectivity index (χ0v) is 17.9. The Morgan fingerprint density at radius 3 is 2.48 bits per heavy atom. The lowest BCUT2D eigenvalue weighted by Gasteiger charge is -2.40. The zero-order chi connectivity index (χ0) is 20.4. The average Bonchev–Trinajstić information content (AvgIpc) is 3.07. The quantitative estimate of drug-likeness (QED) is 0.564. The van der Waals surface area contributed by atoms with Crippen LogP contribution < -0.4 is 4.74 Å². The molecule has 1 fully saturated rings. The third-order valence-electron chi connectivity index (χ3n) is 6.34. The van der Waals surface area contributed by atoms with E-state index in [0.29, 0.717) is 16.5 Å². The SMILES string of the molecule is C[C@H]1C(O)[C@@]2(O)c3ncc(Cl)cc3O[C@@]2(c2ccc(Br)cc2)[C@@H]1c1ccccc1. The summed E-state index contributed by atoms with van der Waals surface area (Å²) in [6, 6.07) is 19.2. The monoisotopic (exact) mass is 471 g/mol. The van der Waals surface area contributed by atoms with Crippen molar-refractivity contribution in [3.05, 3.63) is 93.2 Å². The molecule has 3 aromatic rings. The first kappa shape index (κ1) is 19.1. The van der Waals surface area contributed by atoms with E-state index in [1.165, 1.54) is 6.20 Å². The van der Waals surface area contributed by atoms with Crippen LogP contribution in [0.1, 0.15) is 29.7 Å². The smallest absolute Gasteiger partial charge is 0.181 e. The molecule has 5 rings (SSSR count). The highest BCUT2D eigenvalue weighted by Crippen LogP contribution is 2.67. The fraction of sp³-hybridized carbons (Fsp3) is 0.261. The van der Waals surface area contributed by atoms with Crippen molar-refractivity contribution in [1.82, 2.24) is 4.98 Å². The second-order valence-electron chi connectivity index (χ2n) is 7.80. The number of halogens is 2. The van der Waals surface area contributed by atoms with E-state index in [9.17, 15) is 10.2 Å². The van der Waals surface area contributed by atoms with Crippen molar-refractivity contribution >= 4 is 27.5 Å². The fourth-order valence-corrected chi connectivity index (χ4v) is 5.57. The first-order valence-electron chi connectivity index (χ1n) is 9.46. The average molecular weight is 473 g/mol. The van der Waals surface area contributed by atoms with Gasteiger partial charge in [-0.25, -0.2) is 0 Å². The van der Waals surface area contributed by atoms with E-state index in [1.807, 2.05) is 61.5 Å². The molecule has 2 aliphatic rings. The number of rotatable bonds is 2. The summed E-state index contributed by atoms with van der Waals surface area (Å²) < 4.78 is 7.48. The van der Waals surface area contributed by atoms with E-state index >= 15 is 0 Å². The highest BCUT2D eigenvalue weighted by molar-refractivity contribution is 9.10. The lowest BCUT2D eigenvalue weighted by Crippen LogP contribution is -2.52. The first-order valence-corrected chi connectivity index (χ1v) is 10.6. The fourth-order valence-electron chi connectivity index (χ4n) is 5.16. The molecule has 1 aliphatic heterocycles. The molecule has 2 N–H and O–H groups in total. The number of aromatic nitrogens is 1. The molecule has 0 radical (unpaired) electrons. The lowest BCUT2D eigenvalue weighted by atomic mass is 9.72. The van der Waals surface area contributed by atoms with Gasteiger partial charge in [-0.2, -0.15) is 0 Å². The molecule has 2 heterocycles. The van der Waals surface area contributed by atoms with Crippen molar-refractivity contribution in [2.45, 2.75) is 30.1 Å². The summed E-state index contributed by atoms with van der Waals surface area (Å²) in [5.41, 5.74) is -0.886. The Kier molecular flexibility index (Phi) is 4.30. The molecule has 1 saturated carbocycles. The Morgan fingerprint density at radius 1 is 1.10 bits per heavy atom. The van der Waals surface area contributed by atoms with Crippen LogP contribution in [0.4, 0.5) is 0 Å². The summed E-state index contributed by atoms with van der Waals surface area (Å²) in [6.07, 6.45) is 0.401. The summed E-state index contributed by atoms with van der Waals surface area (Å²) >= 11 is 9.64. The number of benzene rings is 2. The number of hydrogen-bond donors (Lipinski definition) is 2. The maximum atomic E-state index is 12.1. The van der Waals surface area contributed by atoms with Crippen molar-refractivity contribution in [3.63, 3.8) is 0 Å². The Bertz CT molecular complexity index is 1080. The molecule has 4 nitrogen and oxygen atoms in total.